The number of hydrogen-bond donors (Lipinski definition) is 1. The number of methoxy groups -OCH3 is 2. The van der Waals surface area contributed by atoms with Gasteiger partial charge in [0.2, 0.25) is 11.8 Å². The van der Waals surface area contributed by atoms with Crippen molar-refractivity contribution in [3.05, 3.63) is 35.5 Å². The summed E-state index contributed by atoms with van der Waals surface area (Å²) in [7, 11) is 3.18. The van der Waals surface area contributed by atoms with Gasteiger partial charge in [0.1, 0.15) is 24.7 Å². The van der Waals surface area contributed by atoms with Gasteiger partial charge in [-0.1, -0.05) is 5.16 Å². The van der Waals surface area contributed by atoms with Crippen LogP contribution in [0.15, 0.2) is 22.7 Å². The van der Waals surface area contributed by atoms with Crippen molar-refractivity contribution in [1.82, 2.24) is 15.5 Å². The van der Waals surface area contributed by atoms with Crippen LogP contribution in [0.5, 0.6) is 11.5 Å². The van der Waals surface area contributed by atoms with E-state index in [-0.39, 0.29) is 11.8 Å². The van der Waals surface area contributed by atoms with Crippen LogP contribution in [0, 0.1) is 5.92 Å². The summed E-state index contributed by atoms with van der Waals surface area (Å²) < 4.78 is 20.9. The Labute approximate surface area is 145 Å². The third-order valence-electron chi connectivity index (χ3n) is 3.97. The zero-order valence-corrected chi connectivity index (χ0v) is 14.3. The topological polar surface area (TPSA) is 95.7 Å². The summed E-state index contributed by atoms with van der Waals surface area (Å²) >= 11 is 0. The molecule has 134 valence electrons. The number of benzene rings is 1. The maximum absolute atomic E-state index is 12.4. The normalized spacial score (nSPS) is 16.0. The number of hydrogen-bond acceptors (Lipinski definition) is 7. The van der Waals surface area contributed by atoms with Crippen molar-refractivity contribution < 1.29 is 23.5 Å². The monoisotopic (exact) mass is 347 g/mol. The summed E-state index contributed by atoms with van der Waals surface area (Å²) in [6.07, 6.45) is 1.09. The van der Waals surface area contributed by atoms with Crippen LogP contribution in [0.1, 0.15) is 17.3 Å². The van der Waals surface area contributed by atoms with Gasteiger partial charge < -0.3 is 24.1 Å². The predicted octanol–water partition coefficient (Wildman–Crippen LogP) is 1.13. The van der Waals surface area contributed by atoms with E-state index in [9.17, 15) is 4.79 Å². The maximum Gasteiger partial charge on any atom is 0.228 e. The molecule has 0 saturated carbocycles. The first-order valence-electron chi connectivity index (χ1n) is 8.07. The Balaban J connectivity index is 1.49. The lowest BCUT2D eigenvalue weighted by Gasteiger charge is -2.24. The van der Waals surface area contributed by atoms with Crippen molar-refractivity contribution in [2.24, 2.45) is 5.92 Å². The smallest absolute Gasteiger partial charge is 0.228 e. The number of aromatic nitrogens is 2. The lowest BCUT2D eigenvalue weighted by atomic mass is 9.96. The molecule has 2 heterocycles. The molecule has 1 aromatic heterocycles. The minimum atomic E-state index is -0.230. The molecule has 3 rings (SSSR count). The number of amides is 1. The van der Waals surface area contributed by atoms with Crippen molar-refractivity contribution in [2.45, 2.75) is 19.4 Å². The van der Waals surface area contributed by atoms with E-state index in [1.165, 1.54) is 0 Å². The number of nitrogens with one attached hydrogen (secondary N) is 1. The minimum absolute atomic E-state index is 0.0508. The zero-order chi connectivity index (χ0) is 17.6. The van der Waals surface area contributed by atoms with Crippen LogP contribution in [0.4, 0.5) is 0 Å². The van der Waals surface area contributed by atoms with Gasteiger partial charge in [0.05, 0.1) is 13.0 Å². The molecule has 1 aliphatic heterocycles. The fraction of sp³-hybridized carbons (Fsp3) is 0.471. The van der Waals surface area contributed by atoms with Crippen molar-refractivity contribution >= 4 is 5.91 Å². The van der Waals surface area contributed by atoms with Gasteiger partial charge >= 0.3 is 0 Å². The van der Waals surface area contributed by atoms with E-state index in [1.54, 1.807) is 14.2 Å². The number of rotatable bonds is 7. The summed E-state index contributed by atoms with van der Waals surface area (Å²) in [6.45, 7) is 1.09. The van der Waals surface area contributed by atoms with Gasteiger partial charge in [0, 0.05) is 20.1 Å². The van der Waals surface area contributed by atoms with Gasteiger partial charge in [0.15, 0.2) is 5.82 Å². The molecule has 0 aliphatic carbocycles. The fourth-order valence-electron chi connectivity index (χ4n) is 2.68. The third-order valence-corrected chi connectivity index (χ3v) is 3.97. The average Bonchev–Trinajstić information content (AvgIpc) is 3.08. The van der Waals surface area contributed by atoms with Crippen molar-refractivity contribution in [3.63, 3.8) is 0 Å². The number of carbonyl (C=O) groups excluding carboxylic acids is 1. The molecule has 1 N–H and O–H groups in total. The molecule has 1 amide bonds. The average molecular weight is 347 g/mol. The van der Waals surface area contributed by atoms with Crippen molar-refractivity contribution in [2.75, 3.05) is 27.4 Å². The predicted molar refractivity (Wildman–Crippen MR) is 87.4 cm³/mol. The molecule has 1 atom stereocenters. The second-order valence-corrected chi connectivity index (χ2v) is 5.76. The highest BCUT2D eigenvalue weighted by Crippen LogP contribution is 2.30. The van der Waals surface area contributed by atoms with Crippen molar-refractivity contribution in [1.29, 1.82) is 0 Å². The first kappa shape index (κ1) is 17.2. The molecule has 0 unspecified atom stereocenters. The Kier molecular flexibility index (Phi) is 5.49. The molecule has 0 bridgehead atoms. The fourth-order valence-corrected chi connectivity index (χ4v) is 2.68. The standard InChI is InChI=1S/C17H21N3O5/c1-22-10-15-19-16(25-20-15)5-6-18-17(21)12-7-11-8-13(23-2)3-4-14(11)24-9-12/h3-4,8,12H,5-7,9-10H2,1-2H3,(H,18,21)/t12-/m1/s1. The number of fused-ring (bicyclic) bond motifs is 1. The van der Waals surface area contributed by atoms with Gasteiger partial charge in [0.25, 0.3) is 0 Å². The van der Waals surface area contributed by atoms with E-state index in [0.29, 0.717) is 44.3 Å². The lowest BCUT2D eigenvalue weighted by molar-refractivity contribution is -0.126. The number of nitrogens with zero attached hydrogens (tertiary/aromatic N) is 2. The summed E-state index contributed by atoms with van der Waals surface area (Å²) in [5, 5.41) is 6.67. The maximum atomic E-state index is 12.4. The zero-order valence-electron chi connectivity index (χ0n) is 14.3. The summed E-state index contributed by atoms with van der Waals surface area (Å²) in [4.78, 5) is 16.5. The van der Waals surface area contributed by atoms with Crippen LogP contribution >= 0.6 is 0 Å². The first-order valence-corrected chi connectivity index (χ1v) is 8.07. The third kappa shape index (κ3) is 4.27. The number of ether oxygens (including phenoxy) is 3. The highest BCUT2D eigenvalue weighted by Gasteiger charge is 2.26. The molecule has 0 saturated heterocycles. The summed E-state index contributed by atoms with van der Waals surface area (Å²) in [5.41, 5.74) is 0.979. The van der Waals surface area contributed by atoms with Crippen LogP contribution in [-0.2, 0) is 29.0 Å². The number of carbonyl (C=O) groups is 1. The molecule has 1 aromatic carbocycles. The quantitative estimate of drug-likeness (QED) is 0.802. The Hall–Kier alpha value is -2.61. The summed E-state index contributed by atoms with van der Waals surface area (Å²) in [5.74, 6) is 2.25. The van der Waals surface area contributed by atoms with E-state index in [2.05, 4.69) is 15.5 Å². The molecule has 0 spiro atoms. The van der Waals surface area contributed by atoms with Crippen LogP contribution in [0.2, 0.25) is 0 Å². The lowest BCUT2D eigenvalue weighted by Crippen LogP contribution is -2.38. The molecular formula is C17H21N3O5. The van der Waals surface area contributed by atoms with Gasteiger partial charge in [-0.15, -0.1) is 0 Å². The molecular weight excluding hydrogens is 326 g/mol. The minimum Gasteiger partial charge on any atom is -0.497 e. The molecule has 2 aromatic rings. The van der Waals surface area contributed by atoms with E-state index in [0.717, 1.165) is 17.1 Å². The molecule has 0 radical (unpaired) electrons. The second-order valence-electron chi connectivity index (χ2n) is 5.76. The van der Waals surface area contributed by atoms with Gasteiger partial charge in [-0.2, -0.15) is 4.98 Å². The van der Waals surface area contributed by atoms with E-state index < -0.39 is 0 Å². The second kappa shape index (κ2) is 7.98. The van der Waals surface area contributed by atoms with Crippen LogP contribution in [-0.4, -0.2) is 43.4 Å². The summed E-state index contributed by atoms with van der Waals surface area (Å²) in [6, 6.07) is 5.63. The van der Waals surface area contributed by atoms with Crippen molar-refractivity contribution in [3.8, 4) is 11.5 Å². The van der Waals surface area contributed by atoms with Gasteiger partial charge in [-0.25, -0.2) is 0 Å². The Morgan fingerprint density at radius 2 is 2.28 bits per heavy atom. The van der Waals surface area contributed by atoms with Crippen LogP contribution in [0.25, 0.3) is 0 Å². The van der Waals surface area contributed by atoms with Crippen LogP contribution < -0.4 is 14.8 Å². The SMILES string of the molecule is COCc1noc(CCNC(=O)[C@H]2COc3ccc(OC)cc3C2)n1. The Morgan fingerprint density at radius 3 is 3.08 bits per heavy atom. The first-order chi connectivity index (χ1) is 12.2. The largest absolute Gasteiger partial charge is 0.497 e. The molecule has 0 fully saturated rings. The van der Waals surface area contributed by atoms with Crippen LogP contribution in [0.3, 0.4) is 0 Å². The van der Waals surface area contributed by atoms with E-state index >= 15 is 0 Å². The van der Waals surface area contributed by atoms with Gasteiger partial charge in [-0.3, -0.25) is 4.79 Å². The van der Waals surface area contributed by atoms with Gasteiger partial charge in [-0.05, 0) is 30.2 Å². The molecule has 8 heteroatoms. The molecule has 8 nitrogen and oxygen atoms in total. The highest BCUT2D eigenvalue weighted by molar-refractivity contribution is 5.79. The van der Waals surface area contributed by atoms with E-state index in [1.807, 2.05) is 18.2 Å². The molecule has 1 aliphatic rings. The Bertz CT molecular complexity index is 731. The molecule has 25 heavy (non-hydrogen) atoms. The van der Waals surface area contributed by atoms with E-state index in [4.69, 9.17) is 18.7 Å². The highest BCUT2D eigenvalue weighted by atomic mass is 16.5. The Morgan fingerprint density at radius 1 is 1.40 bits per heavy atom.